The van der Waals surface area contributed by atoms with E-state index in [1.54, 1.807) is 18.2 Å². The van der Waals surface area contributed by atoms with E-state index in [0.29, 0.717) is 34.2 Å². The van der Waals surface area contributed by atoms with Gasteiger partial charge in [0.15, 0.2) is 0 Å². The zero-order valence-corrected chi connectivity index (χ0v) is 20.3. The molecule has 2 N–H and O–H groups in total. The van der Waals surface area contributed by atoms with Crippen molar-refractivity contribution in [1.82, 2.24) is 9.78 Å². The highest BCUT2D eigenvalue weighted by Crippen LogP contribution is 2.49. The third-order valence-electron chi connectivity index (χ3n) is 7.73. The molecule has 2 aliphatic carbocycles. The van der Waals surface area contributed by atoms with E-state index in [4.69, 9.17) is 9.84 Å². The summed E-state index contributed by atoms with van der Waals surface area (Å²) in [6.45, 7) is 2.31. The van der Waals surface area contributed by atoms with Gasteiger partial charge >= 0.3 is 5.91 Å². The van der Waals surface area contributed by atoms with Crippen LogP contribution in [0.4, 0.5) is 5.69 Å². The van der Waals surface area contributed by atoms with Crippen LogP contribution in [-0.2, 0) is 0 Å². The lowest BCUT2D eigenvalue weighted by Gasteiger charge is -2.36. The molecule has 0 atom stereocenters. The van der Waals surface area contributed by atoms with E-state index in [1.165, 1.54) is 6.07 Å². The first-order valence-corrected chi connectivity index (χ1v) is 12.8. The van der Waals surface area contributed by atoms with Crippen molar-refractivity contribution in [3.8, 4) is 5.75 Å². The predicted octanol–water partition coefficient (Wildman–Crippen LogP) is 4.73. The Hall–Kier alpha value is -3.65. The van der Waals surface area contributed by atoms with Crippen molar-refractivity contribution in [2.45, 2.75) is 57.1 Å². The van der Waals surface area contributed by atoms with Crippen LogP contribution in [-0.4, -0.2) is 33.0 Å². The molecule has 8 heteroatoms. The lowest BCUT2D eigenvalue weighted by molar-refractivity contribution is -0.579. The van der Waals surface area contributed by atoms with Crippen LogP contribution in [0.2, 0.25) is 0 Å². The van der Waals surface area contributed by atoms with E-state index in [-0.39, 0.29) is 11.7 Å². The molecular weight excluding hydrogens is 456 g/mol. The molecule has 2 fully saturated rings. The fourth-order valence-corrected chi connectivity index (χ4v) is 5.56. The smallest absolute Gasteiger partial charge is 0.321 e. The van der Waals surface area contributed by atoms with E-state index in [2.05, 4.69) is 5.32 Å². The van der Waals surface area contributed by atoms with Crippen molar-refractivity contribution < 1.29 is 19.4 Å². The number of ether oxygens (including phenoxy) is 1. The highest BCUT2D eigenvalue weighted by molar-refractivity contribution is 6.04. The molecule has 1 amide bonds. The van der Waals surface area contributed by atoms with Crippen molar-refractivity contribution in [2.75, 3.05) is 11.9 Å². The molecule has 2 aliphatic rings. The summed E-state index contributed by atoms with van der Waals surface area (Å²) in [5.41, 5.74) is 1.23. The number of amides is 1. The number of fused-ring (bicyclic) bond motifs is 2. The third kappa shape index (κ3) is 4.05. The summed E-state index contributed by atoms with van der Waals surface area (Å²) in [5, 5.41) is 33.1. The minimum absolute atomic E-state index is 0.0114. The molecule has 0 aliphatic heterocycles. The number of rotatable bonds is 6. The SMILES string of the molecule is CCOc1cc2nn(C3CCC(O)(C4CC4)CC3)cc2cc1NC(=O)c1ccc2ccccc2[n+]1[O-]. The van der Waals surface area contributed by atoms with Gasteiger partial charge in [-0.05, 0) is 69.6 Å². The average molecular weight is 487 g/mol. The summed E-state index contributed by atoms with van der Waals surface area (Å²) >= 11 is 0. The molecule has 8 nitrogen and oxygen atoms in total. The van der Waals surface area contributed by atoms with E-state index >= 15 is 0 Å². The van der Waals surface area contributed by atoms with Gasteiger partial charge in [-0.25, -0.2) is 0 Å². The maximum atomic E-state index is 13.1. The van der Waals surface area contributed by atoms with E-state index in [9.17, 15) is 15.1 Å². The Morgan fingerprint density at radius 2 is 1.94 bits per heavy atom. The summed E-state index contributed by atoms with van der Waals surface area (Å²) in [4.78, 5) is 13.1. The largest absolute Gasteiger partial charge is 0.618 e. The number of carbonyl (C=O) groups is 1. The quantitative estimate of drug-likeness (QED) is 0.303. The van der Waals surface area contributed by atoms with Crippen LogP contribution in [0.1, 0.15) is 62.0 Å². The number of aliphatic hydroxyl groups is 1. The topological polar surface area (TPSA) is 103 Å². The van der Waals surface area contributed by atoms with E-state index in [0.717, 1.165) is 54.8 Å². The molecule has 0 radical (unpaired) electrons. The van der Waals surface area contributed by atoms with E-state index < -0.39 is 11.5 Å². The van der Waals surface area contributed by atoms with Crippen molar-refractivity contribution in [3.05, 3.63) is 65.6 Å². The van der Waals surface area contributed by atoms with Crippen LogP contribution in [0.15, 0.2) is 54.7 Å². The standard InChI is InChI=1S/C28H30N4O4/c1-2-36-26-16-22-19(17-31(30-22)21-11-13-28(34,14-12-21)20-8-9-20)15-23(26)29-27(33)25-10-7-18-5-3-4-6-24(18)32(25)35/h3-7,10,15-17,20-21,34H,2,8-9,11-14H2,1H3,(H,29,33). The number of pyridine rings is 1. The Balaban J connectivity index is 1.27. The van der Waals surface area contributed by atoms with Gasteiger partial charge in [-0.3, -0.25) is 9.48 Å². The summed E-state index contributed by atoms with van der Waals surface area (Å²) < 4.78 is 8.47. The van der Waals surface area contributed by atoms with Crippen LogP contribution in [0.25, 0.3) is 21.8 Å². The van der Waals surface area contributed by atoms with Crippen LogP contribution in [0.3, 0.4) is 0 Å². The fourth-order valence-electron chi connectivity index (χ4n) is 5.56. The third-order valence-corrected chi connectivity index (χ3v) is 7.73. The highest BCUT2D eigenvalue weighted by Gasteiger charge is 2.45. The number of carbonyl (C=O) groups excluding carboxylic acids is 1. The molecule has 2 aromatic carbocycles. The van der Waals surface area contributed by atoms with Gasteiger partial charge in [0.1, 0.15) is 5.75 Å². The minimum Gasteiger partial charge on any atom is -0.618 e. The predicted molar refractivity (Wildman–Crippen MR) is 137 cm³/mol. The Morgan fingerprint density at radius 3 is 2.69 bits per heavy atom. The lowest BCUT2D eigenvalue weighted by Crippen LogP contribution is -2.37. The molecule has 2 heterocycles. The summed E-state index contributed by atoms with van der Waals surface area (Å²) in [5.74, 6) is 0.481. The molecule has 6 rings (SSSR count). The summed E-state index contributed by atoms with van der Waals surface area (Å²) in [7, 11) is 0. The monoisotopic (exact) mass is 486 g/mol. The zero-order chi connectivity index (χ0) is 24.9. The first kappa shape index (κ1) is 22.8. The van der Waals surface area contributed by atoms with Crippen molar-refractivity contribution in [2.24, 2.45) is 5.92 Å². The van der Waals surface area contributed by atoms with Gasteiger partial charge in [0, 0.05) is 35.2 Å². The average Bonchev–Trinajstić information content (AvgIpc) is 3.67. The second-order valence-corrected chi connectivity index (χ2v) is 10.1. The van der Waals surface area contributed by atoms with Crippen molar-refractivity contribution in [3.63, 3.8) is 0 Å². The van der Waals surface area contributed by atoms with Crippen LogP contribution >= 0.6 is 0 Å². The van der Waals surface area contributed by atoms with Gasteiger partial charge in [-0.1, -0.05) is 12.1 Å². The molecule has 0 bridgehead atoms. The number of nitrogens with zero attached hydrogens (tertiary/aromatic N) is 3. The van der Waals surface area contributed by atoms with Crippen molar-refractivity contribution in [1.29, 1.82) is 0 Å². The number of hydrogen-bond donors (Lipinski definition) is 2. The Kier molecular flexibility index (Phi) is 5.56. The van der Waals surface area contributed by atoms with Crippen LogP contribution in [0, 0.1) is 11.1 Å². The fraction of sp³-hybridized carbons (Fsp3) is 0.393. The van der Waals surface area contributed by atoms with Crippen LogP contribution < -0.4 is 14.8 Å². The molecule has 0 saturated heterocycles. The molecule has 36 heavy (non-hydrogen) atoms. The molecule has 4 aromatic rings. The number of nitrogens with one attached hydrogen (secondary N) is 1. The zero-order valence-electron chi connectivity index (χ0n) is 20.3. The minimum atomic E-state index is -0.505. The normalized spacial score (nSPS) is 22.1. The van der Waals surface area contributed by atoms with Gasteiger partial charge < -0.3 is 20.4 Å². The Morgan fingerprint density at radius 1 is 1.17 bits per heavy atom. The molecule has 2 aromatic heterocycles. The number of benzene rings is 2. The Bertz CT molecular complexity index is 1450. The molecular formula is C28H30N4O4. The molecule has 0 unspecified atom stereocenters. The second-order valence-electron chi connectivity index (χ2n) is 10.1. The van der Waals surface area contributed by atoms with E-state index in [1.807, 2.05) is 42.1 Å². The van der Waals surface area contributed by atoms with Gasteiger partial charge in [0.05, 0.1) is 29.5 Å². The maximum Gasteiger partial charge on any atom is 0.321 e. The number of aromatic nitrogens is 3. The highest BCUT2D eigenvalue weighted by atomic mass is 16.5. The molecule has 0 spiro atoms. The summed E-state index contributed by atoms with van der Waals surface area (Å²) in [6.07, 6.45) is 7.70. The number of anilines is 1. The van der Waals surface area contributed by atoms with Gasteiger partial charge in [-0.15, -0.1) is 0 Å². The van der Waals surface area contributed by atoms with Crippen LogP contribution in [0.5, 0.6) is 5.75 Å². The lowest BCUT2D eigenvalue weighted by atomic mass is 9.79. The number of hydrogen-bond acceptors (Lipinski definition) is 5. The Labute approximate surface area is 209 Å². The van der Waals surface area contributed by atoms with Gasteiger partial charge in [-0.2, -0.15) is 9.83 Å². The van der Waals surface area contributed by atoms with Crippen molar-refractivity contribution >= 4 is 33.4 Å². The number of para-hydroxylation sites is 1. The molecule has 2 saturated carbocycles. The molecule has 186 valence electrons. The van der Waals surface area contributed by atoms with Gasteiger partial charge in [0.25, 0.3) is 5.69 Å². The first-order valence-electron chi connectivity index (χ1n) is 12.8. The summed E-state index contributed by atoms with van der Waals surface area (Å²) in [6, 6.07) is 14.4. The van der Waals surface area contributed by atoms with Gasteiger partial charge in [0.2, 0.25) is 5.52 Å². The first-order chi connectivity index (χ1) is 17.4. The second kappa shape index (κ2) is 8.78. The maximum absolute atomic E-state index is 13.1.